The number of halogens is 6. The van der Waals surface area contributed by atoms with E-state index in [4.69, 9.17) is 69.6 Å². The lowest BCUT2D eigenvalue weighted by Crippen LogP contribution is -2.04. The molecule has 138 valence electrons. The van der Waals surface area contributed by atoms with E-state index >= 15 is 0 Å². The summed E-state index contributed by atoms with van der Waals surface area (Å²) in [6.07, 6.45) is 2.72. The van der Waals surface area contributed by atoms with Gasteiger partial charge in [0.2, 0.25) is 0 Å². The number of carboxylic acid groups (broad SMARTS) is 1. The van der Waals surface area contributed by atoms with E-state index in [1.54, 1.807) is 0 Å². The van der Waals surface area contributed by atoms with Crippen LogP contribution < -0.4 is 0 Å². The SMILES string of the molecule is O=C(O)c1c(-c2cc(Cl)cc(Cl)c2Cl)cncc1-c1cc(Cl)cc(Cl)c1Cl. The van der Waals surface area contributed by atoms with Crippen LogP contribution in [0.25, 0.3) is 22.3 Å². The predicted octanol–water partition coefficient (Wildman–Crippen LogP) is 8.03. The molecular weight excluding hydrogens is 475 g/mol. The highest BCUT2D eigenvalue weighted by Crippen LogP contribution is 2.43. The lowest BCUT2D eigenvalue weighted by Gasteiger charge is -2.15. The Labute approximate surface area is 184 Å². The molecule has 0 amide bonds. The zero-order valence-corrected chi connectivity index (χ0v) is 17.6. The Balaban J connectivity index is 2.39. The van der Waals surface area contributed by atoms with Gasteiger partial charge in [0, 0.05) is 44.7 Å². The lowest BCUT2D eigenvalue weighted by atomic mass is 9.94. The smallest absolute Gasteiger partial charge is 0.337 e. The molecule has 0 saturated heterocycles. The molecular formula is C18H7Cl6NO2. The second kappa shape index (κ2) is 8.04. The molecule has 27 heavy (non-hydrogen) atoms. The summed E-state index contributed by atoms with van der Waals surface area (Å²) in [7, 11) is 0. The maximum Gasteiger partial charge on any atom is 0.337 e. The lowest BCUT2D eigenvalue weighted by molar-refractivity contribution is 0.0698. The van der Waals surface area contributed by atoms with Gasteiger partial charge >= 0.3 is 5.97 Å². The van der Waals surface area contributed by atoms with Crippen molar-refractivity contribution in [2.45, 2.75) is 0 Å². The van der Waals surface area contributed by atoms with Crippen LogP contribution in [0.3, 0.4) is 0 Å². The first kappa shape index (κ1) is 20.5. The standard InChI is InChI=1S/C18H7Cl6NO2/c19-7-1-9(16(23)13(21)3-7)11-5-25-6-12(15(11)18(26)27)10-2-8(20)4-14(22)17(10)24/h1-6H,(H,26,27). The molecule has 3 rings (SSSR count). The minimum atomic E-state index is -1.22. The molecule has 0 bridgehead atoms. The van der Waals surface area contributed by atoms with Crippen molar-refractivity contribution in [1.82, 2.24) is 4.98 Å². The van der Waals surface area contributed by atoms with Crippen molar-refractivity contribution in [3.63, 3.8) is 0 Å². The summed E-state index contributed by atoms with van der Waals surface area (Å²) in [6, 6.07) is 5.94. The van der Waals surface area contributed by atoms with E-state index in [9.17, 15) is 9.90 Å². The highest BCUT2D eigenvalue weighted by Gasteiger charge is 2.23. The number of nitrogens with zero attached hydrogens (tertiary/aromatic N) is 1. The van der Waals surface area contributed by atoms with E-state index in [-0.39, 0.29) is 36.8 Å². The Morgan fingerprint density at radius 1 is 0.704 bits per heavy atom. The molecule has 0 unspecified atom stereocenters. The van der Waals surface area contributed by atoms with Crippen molar-refractivity contribution < 1.29 is 9.90 Å². The minimum Gasteiger partial charge on any atom is -0.478 e. The Kier molecular flexibility index (Phi) is 6.11. The summed E-state index contributed by atoms with van der Waals surface area (Å²) < 4.78 is 0. The summed E-state index contributed by atoms with van der Waals surface area (Å²) >= 11 is 36.8. The van der Waals surface area contributed by atoms with Crippen LogP contribution >= 0.6 is 69.6 Å². The highest BCUT2D eigenvalue weighted by molar-refractivity contribution is 6.46. The Morgan fingerprint density at radius 3 is 1.48 bits per heavy atom. The molecule has 1 aromatic heterocycles. The van der Waals surface area contributed by atoms with Gasteiger partial charge in [-0.1, -0.05) is 69.6 Å². The molecule has 3 nitrogen and oxygen atoms in total. The molecule has 0 aliphatic rings. The number of aromatic nitrogens is 1. The summed E-state index contributed by atoms with van der Waals surface area (Å²) in [5.41, 5.74) is 1.00. The van der Waals surface area contributed by atoms with Crippen molar-refractivity contribution in [3.8, 4) is 22.3 Å². The van der Waals surface area contributed by atoms with Crippen molar-refractivity contribution in [3.05, 3.63) is 72.4 Å². The summed E-state index contributed by atoms with van der Waals surface area (Å²) in [5.74, 6) is -1.22. The molecule has 0 radical (unpaired) electrons. The van der Waals surface area contributed by atoms with Gasteiger partial charge in [-0.25, -0.2) is 4.79 Å². The van der Waals surface area contributed by atoms with Crippen LogP contribution in [0.1, 0.15) is 10.4 Å². The maximum atomic E-state index is 12.1. The monoisotopic (exact) mass is 479 g/mol. The molecule has 9 heteroatoms. The molecule has 1 N–H and O–H groups in total. The normalized spacial score (nSPS) is 10.9. The molecule has 0 aliphatic carbocycles. The minimum absolute atomic E-state index is 0.0922. The fourth-order valence-corrected chi connectivity index (χ4v) is 4.01. The first-order valence-corrected chi connectivity index (χ1v) is 9.48. The zero-order chi connectivity index (χ0) is 19.9. The number of carbonyl (C=O) groups is 1. The second-order valence-corrected chi connectivity index (χ2v) is 7.86. The van der Waals surface area contributed by atoms with E-state index < -0.39 is 5.97 Å². The maximum absolute atomic E-state index is 12.1. The van der Waals surface area contributed by atoms with Gasteiger partial charge in [-0.2, -0.15) is 0 Å². The summed E-state index contributed by atoms with van der Waals surface area (Å²) in [4.78, 5) is 16.2. The predicted molar refractivity (Wildman–Crippen MR) is 112 cm³/mol. The van der Waals surface area contributed by atoms with Crippen LogP contribution in [-0.2, 0) is 0 Å². The van der Waals surface area contributed by atoms with Crippen LogP contribution in [0.5, 0.6) is 0 Å². The van der Waals surface area contributed by atoms with Crippen LogP contribution in [0.15, 0.2) is 36.7 Å². The number of benzene rings is 2. The van der Waals surface area contributed by atoms with Crippen molar-refractivity contribution in [2.75, 3.05) is 0 Å². The first-order chi connectivity index (χ1) is 12.7. The third kappa shape index (κ3) is 4.00. The number of rotatable bonds is 3. The average Bonchev–Trinajstić information content (AvgIpc) is 2.60. The number of pyridine rings is 1. The van der Waals surface area contributed by atoms with Gasteiger partial charge in [-0.15, -0.1) is 0 Å². The molecule has 1 heterocycles. The second-order valence-electron chi connectivity index (χ2n) is 5.41. The molecule has 0 spiro atoms. The van der Waals surface area contributed by atoms with Gasteiger partial charge in [-0.05, 0) is 24.3 Å². The van der Waals surface area contributed by atoms with Crippen LogP contribution in [0.2, 0.25) is 30.1 Å². The number of hydrogen-bond acceptors (Lipinski definition) is 2. The topological polar surface area (TPSA) is 50.2 Å². The largest absolute Gasteiger partial charge is 0.478 e. The van der Waals surface area contributed by atoms with Crippen LogP contribution in [0, 0.1) is 0 Å². The van der Waals surface area contributed by atoms with Crippen molar-refractivity contribution in [2.24, 2.45) is 0 Å². The van der Waals surface area contributed by atoms with Gasteiger partial charge < -0.3 is 5.11 Å². The van der Waals surface area contributed by atoms with E-state index in [0.29, 0.717) is 21.2 Å². The number of carboxylic acids is 1. The van der Waals surface area contributed by atoms with Crippen molar-refractivity contribution >= 4 is 75.6 Å². The fraction of sp³-hybridized carbons (Fsp3) is 0. The van der Waals surface area contributed by atoms with E-state index in [1.807, 2.05) is 0 Å². The van der Waals surface area contributed by atoms with E-state index in [2.05, 4.69) is 4.98 Å². The molecule has 0 saturated carbocycles. The third-order valence-electron chi connectivity index (χ3n) is 3.73. The van der Waals surface area contributed by atoms with Gasteiger partial charge in [0.15, 0.2) is 0 Å². The van der Waals surface area contributed by atoms with Gasteiger partial charge in [0.25, 0.3) is 0 Å². The highest BCUT2D eigenvalue weighted by atomic mass is 35.5. The van der Waals surface area contributed by atoms with Gasteiger partial charge in [-0.3, -0.25) is 4.98 Å². The van der Waals surface area contributed by atoms with E-state index in [1.165, 1.54) is 36.7 Å². The third-order valence-corrected chi connectivity index (χ3v) is 5.77. The molecule has 0 aliphatic heterocycles. The molecule has 2 aromatic carbocycles. The Hall–Kier alpha value is -1.20. The number of aromatic carboxylic acids is 1. The van der Waals surface area contributed by atoms with Crippen LogP contribution in [-0.4, -0.2) is 16.1 Å². The Bertz CT molecular complexity index is 1010. The fourth-order valence-electron chi connectivity index (χ4n) is 2.60. The van der Waals surface area contributed by atoms with Gasteiger partial charge in [0.05, 0.1) is 25.7 Å². The molecule has 0 fully saturated rings. The molecule has 0 atom stereocenters. The first-order valence-electron chi connectivity index (χ1n) is 7.21. The summed E-state index contributed by atoms with van der Waals surface area (Å²) in [5, 5.41) is 11.1. The van der Waals surface area contributed by atoms with Crippen LogP contribution in [0.4, 0.5) is 0 Å². The molecule has 3 aromatic rings. The van der Waals surface area contributed by atoms with Crippen molar-refractivity contribution in [1.29, 1.82) is 0 Å². The quantitative estimate of drug-likeness (QED) is 0.385. The van der Waals surface area contributed by atoms with E-state index in [0.717, 1.165) is 0 Å². The number of hydrogen-bond donors (Lipinski definition) is 1. The average molecular weight is 482 g/mol. The zero-order valence-electron chi connectivity index (χ0n) is 13.0. The Morgan fingerprint density at radius 2 is 1.11 bits per heavy atom. The van der Waals surface area contributed by atoms with Gasteiger partial charge in [0.1, 0.15) is 0 Å². The summed E-state index contributed by atoms with van der Waals surface area (Å²) in [6.45, 7) is 0.